The van der Waals surface area contributed by atoms with Gasteiger partial charge < -0.3 is 19.5 Å². The van der Waals surface area contributed by atoms with Crippen LogP contribution in [-0.4, -0.2) is 50.1 Å². The second-order valence-corrected chi connectivity index (χ2v) is 4.62. The van der Waals surface area contributed by atoms with Gasteiger partial charge in [0, 0.05) is 26.5 Å². The third kappa shape index (κ3) is 4.78. The van der Waals surface area contributed by atoms with Gasteiger partial charge in [-0.3, -0.25) is 0 Å². The molecular formula is C14H24N2O3. The fourth-order valence-corrected chi connectivity index (χ4v) is 2.04. The molecule has 0 aliphatic carbocycles. The lowest BCUT2D eigenvalue weighted by Gasteiger charge is -2.30. The SMILES string of the molecule is COCCN(c1cc(CO)cc(C)n1)C(C)COC. The molecule has 0 spiro atoms. The van der Waals surface area contributed by atoms with E-state index in [1.165, 1.54) is 0 Å². The Morgan fingerprint density at radius 3 is 2.63 bits per heavy atom. The van der Waals surface area contributed by atoms with Crippen LogP contribution in [0.4, 0.5) is 5.82 Å². The van der Waals surface area contributed by atoms with E-state index in [-0.39, 0.29) is 12.6 Å². The first kappa shape index (κ1) is 15.9. The molecule has 0 fully saturated rings. The summed E-state index contributed by atoms with van der Waals surface area (Å²) in [5, 5.41) is 9.29. The summed E-state index contributed by atoms with van der Waals surface area (Å²) in [6, 6.07) is 3.99. The molecule has 0 amide bonds. The number of methoxy groups -OCH3 is 2. The van der Waals surface area contributed by atoms with Gasteiger partial charge in [0.1, 0.15) is 5.82 Å². The summed E-state index contributed by atoms with van der Waals surface area (Å²) in [5.74, 6) is 0.852. The summed E-state index contributed by atoms with van der Waals surface area (Å²) in [4.78, 5) is 6.68. The maximum atomic E-state index is 9.29. The Kier molecular flexibility index (Phi) is 6.77. The molecule has 1 N–H and O–H groups in total. The van der Waals surface area contributed by atoms with Crippen molar-refractivity contribution in [2.24, 2.45) is 0 Å². The quantitative estimate of drug-likeness (QED) is 0.771. The van der Waals surface area contributed by atoms with Crippen LogP contribution in [0.1, 0.15) is 18.2 Å². The summed E-state index contributed by atoms with van der Waals surface area (Å²) in [6.45, 7) is 6.02. The number of aromatic nitrogens is 1. The molecule has 0 bridgehead atoms. The van der Waals surface area contributed by atoms with Crippen molar-refractivity contribution in [3.05, 3.63) is 23.4 Å². The lowest BCUT2D eigenvalue weighted by atomic mass is 10.2. The van der Waals surface area contributed by atoms with Gasteiger partial charge >= 0.3 is 0 Å². The number of nitrogens with zero attached hydrogens (tertiary/aromatic N) is 2. The molecule has 0 saturated heterocycles. The molecule has 0 aliphatic rings. The van der Waals surface area contributed by atoms with E-state index >= 15 is 0 Å². The van der Waals surface area contributed by atoms with Crippen molar-refractivity contribution >= 4 is 5.82 Å². The van der Waals surface area contributed by atoms with Gasteiger partial charge in [0.2, 0.25) is 0 Å². The highest BCUT2D eigenvalue weighted by Gasteiger charge is 2.16. The van der Waals surface area contributed by atoms with Crippen LogP contribution in [0.2, 0.25) is 0 Å². The predicted octanol–water partition coefficient (Wildman–Crippen LogP) is 1.37. The van der Waals surface area contributed by atoms with Crippen LogP contribution in [0, 0.1) is 6.92 Å². The largest absolute Gasteiger partial charge is 0.392 e. The van der Waals surface area contributed by atoms with Crippen LogP contribution in [0.5, 0.6) is 0 Å². The lowest BCUT2D eigenvalue weighted by Crippen LogP contribution is -2.39. The zero-order valence-electron chi connectivity index (χ0n) is 12.2. The second-order valence-electron chi connectivity index (χ2n) is 4.62. The molecule has 1 unspecified atom stereocenters. The summed E-state index contributed by atoms with van der Waals surface area (Å²) >= 11 is 0. The van der Waals surface area contributed by atoms with Crippen LogP contribution < -0.4 is 4.90 Å². The molecule has 108 valence electrons. The van der Waals surface area contributed by atoms with Crippen LogP contribution in [-0.2, 0) is 16.1 Å². The van der Waals surface area contributed by atoms with Gasteiger partial charge in [-0.05, 0) is 31.5 Å². The minimum absolute atomic E-state index is 0.0210. The average molecular weight is 268 g/mol. The summed E-state index contributed by atoms with van der Waals surface area (Å²) in [6.07, 6.45) is 0. The molecule has 1 aromatic heterocycles. The highest BCUT2D eigenvalue weighted by molar-refractivity contribution is 5.43. The Labute approximate surface area is 115 Å². The monoisotopic (exact) mass is 268 g/mol. The minimum Gasteiger partial charge on any atom is -0.392 e. The van der Waals surface area contributed by atoms with Gasteiger partial charge in [0.05, 0.1) is 25.9 Å². The zero-order chi connectivity index (χ0) is 14.3. The lowest BCUT2D eigenvalue weighted by molar-refractivity contribution is 0.170. The van der Waals surface area contributed by atoms with Gasteiger partial charge in [-0.1, -0.05) is 0 Å². The van der Waals surface area contributed by atoms with Gasteiger partial charge in [-0.15, -0.1) is 0 Å². The number of hydrogen-bond acceptors (Lipinski definition) is 5. The van der Waals surface area contributed by atoms with Gasteiger partial charge in [-0.2, -0.15) is 0 Å². The Morgan fingerprint density at radius 1 is 1.32 bits per heavy atom. The molecule has 0 saturated carbocycles. The number of rotatable bonds is 8. The van der Waals surface area contributed by atoms with Crippen molar-refractivity contribution < 1.29 is 14.6 Å². The van der Waals surface area contributed by atoms with Crippen molar-refractivity contribution in [2.75, 3.05) is 38.9 Å². The number of pyridine rings is 1. The molecular weight excluding hydrogens is 244 g/mol. The van der Waals surface area contributed by atoms with Crippen molar-refractivity contribution in [2.45, 2.75) is 26.5 Å². The maximum absolute atomic E-state index is 9.29. The standard InChI is InChI=1S/C14H24N2O3/c1-11-7-13(9-17)8-14(15-11)16(5-6-18-3)12(2)10-19-4/h7-8,12,17H,5-6,9-10H2,1-4H3. The summed E-state index contributed by atoms with van der Waals surface area (Å²) in [7, 11) is 3.37. The van der Waals surface area contributed by atoms with E-state index in [9.17, 15) is 5.11 Å². The van der Waals surface area contributed by atoms with E-state index in [2.05, 4.69) is 16.8 Å². The van der Waals surface area contributed by atoms with Crippen LogP contribution in [0.15, 0.2) is 12.1 Å². The molecule has 5 heteroatoms. The normalized spacial score (nSPS) is 12.5. The van der Waals surface area contributed by atoms with E-state index < -0.39 is 0 Å². The first-order valence-electron chi connectivity index (χ1n) is 6.45. The fraction of sp³-hybridized carbons (Fsp3) is 0.643. The topological polar surface area (TPSA) is 54.8 Å². The van der Waals surface area contributed by atoms with Crippen molar-refractivity contribution in [3.8, 4) is 0 Å². The predicted molar refractivity (Wildman–Crippen MR) is 75.5 cm³/mol. The molecule has 0 aliphatic heterocycles. The first-order valence-corrected chi connectivity index (χ1v) is 6.45. The van der Waals surface area contributed by atoms with E-state index in [4.69, 9.17) is 9.47 Å². The zero-order valence-corrected chi connectivity index (χ0v) is 12.2. The third-order valence-electron chi connectivity index (χ3n) is 2.95. The number of aryl methyl sites for hydroxylation is 1. The first-order chi connectivity index (χ1) is 9.12. The second kappa shape index (κ2) is 8.09. The van der Waals surface area contributed by atoms with Crippen LogP contribution in [0.25, 0.3) is 0 Å². The van der Waals surface area contributed by atoms with Gasteiger partial charge in [0.25, 0.3) is 0 Å². The molecule has 5 nitrogen and oxygen atoms in total. The molecule has 1 heterocycles. The number of hydrogen-bond donors (Lipinski definition) is 1. The molecule has 1 aromatic rings. The fourth-order valence-electron chi connectivity index (χ4n) is 2.04. The van der Waals surface area contributed by atoms with E-state index in [0.717, 1.165) is 23.6 Å². The van der Waals surface area contributed by atoms with Gasteiger partial charge in [0.15, 0.2) is 0 Å². The average Bonchev–Trinajstić information content (AvgIpc) is 2.39. The highest BCUT2D eigenvalue weighted by atomic mass is 16.5. The van der Waals surface area contributed by atoms with Crippen LogP contribution >= 0.6 is 0 Å². The van der Waals surface area contributed by atoms with Crippen molar-refractivity contribution in [3.63, 3.8) is 0 Å². The Balaban J connectivity index is 2.97. The third-order valence-corrected chi connectivity index (χ3v) is 2.95. The van der Waals surface area contributed by atoms with Crippen molar-refractivity contribution in [1.29, 1.82) is 0 Å². The number of aliphatic hydroxyl groups is 1. The smallest absolute Gasteiger partial charge is 0.129 e. The number of anilines is 1. The molecule has 0 radical (unpaired) electrons. The Morgan fingerprint density at radius 2 is 2.05 bits per heavy atom. The Hall–Kier alpha value is -1.17. The molecule has 1 rings (SSSR count). The highest BCUT2D eigenvalue weighted by Crippen LogP contribution is 2.18. The van der Waals surface area contributed by atoms with E-state index in [1.807, 2.05) is 19.1 Å². The molecule has 19 heavy (non-hydrogen) atoms. The van der Waals surface area contributed by atoms with E-state index in [1.54, 1.807) is 14.2 Å². The van der Waals surface area contributed by atoms with Crippen LogP contribution in [0.3, 0.4) is 0 Å². The number of ether oxygens (including phenoxy) is 2. The summed E-state index contributed by atoms with van der Waals surface area (Å²) in [5.41, 5.74) is 1.77. The Bertz CT molecular complexity index is 385. The molecule has 1 atom stereocenters. The minimum atomic E-state index is 0.0210. The summed E-state index contributed by atoms with van der Waals surface area (Å²) < 4.78 is 10.4. The maximum Gasteiger partial charge on any atom is 0.129 e. The molecule has 0 aromatic carbocycles. The van der Waals surface area contributed by atoms with E-state index in [0.29, 0.717) is 13.2 Å². The van der Waals surface area contributed by atoms with Gasteiger partial charge in [-0.25, -0.2) is 4.98 Å². The van der Waals surface area contributed by atoms with Crippen molar-refractivity contribution in [1.82, 2.24) is 4.98 Å². The number of aliphatic hydroxyl groups excluding tert-OH is 1.